The molecule has 2 aliphatic heterocycles. The molecular weight excluding hydrogens is 322 g/mol. The molecule has 2 fully saturated rings. The van der Waals surface area contributed by atoms with Crippen LogP contribution < -0.4 is 0 Å². The number of aliphatic hydroxyl groups is 1. The van der Waals surface area contributed by atoms with E-state index in [0.29, 0.717) is 19.1 Å². The Balaban J connectivity index is 1.53. The first-order valence-electron chi connectivity index (χ1n) is 9.37. The summed E-state index contributed by atoms with van der Waals surface area (Å²) >= 11 is 0. The van der Waals surface area contributed by atoms with Gasteiger partial charge in [-0.05, 0) is 19.4 Å². The molecule has 8 nitrogen and oxygen atoms in total. The van der Waals surface area contributed by atoms with E-state index in [9.17, 15) is 0 Å². The topological polar surface area (TPSA) is 75.9 Å². The normalized spacial score (nSPS) is 23.2. The number of likely N-dealkylation sites (tertiary alicyclic amines) is 1. The fraction of sp³-hybridized carbons (Fsp3) is 0.882. The summed E-state index contributed by atoms with van der Waals surface area (Å²) < 4.78 is 13.0. The fourth-order valence-electron chi connectivity index (χ4n) is 3.66. The van der Waals surface area contributed by atoms with Gasteiger partial charge in [0.1, 0.15) is 11.6 Å². The van der Waals surface area contributed by atoms with Crippen molar-refractivity contribution in [3.63, 3.8) is 0 Å². The molecule has 0 spiro atoms. The first-order valence-corrected chi connectivity index (χ1v) is 9.37. The van der Waals surface area contributed by atoms with E-state index in [4.69, 9.17) is 14.6 Å². The number of morpholine rings is 1. The number of hydrogen-bond donors (Lipinski definition) is 1. The van der Waals surface area contributed by atoms with Crippen molar-refractivity contribution in [2.75, 3.05) is 65.8 Å². The van der Waals surface area contributed by atoms with Crippen LogP contribution in [0.5, 0.6) is 0 Å². The molecule has 142 valence electrons. The molecule has 1 aromatic rings. The summed E-state index contributed by atoms with van der Waals surface area (Å²) in [6.07, 6.45) is 2.34. The van der Waals surface area contributed by atoms with E-state index in [2.05, 4.69) is 31.6 Å². The number of ether oxygens (including phenoxy) is 2. The molecule has 0 bridgehead atoms. The highest BCUT2D eigenvalue weighted by atomic mass is 16.5. The van der Waals surface area contributed by atoms with E-state index in [-0.39, 0.29) is 6.61 Å². The Labute approximate surface area is 149 Å². The SMILES string of the molecule is Cn1c(CN2CCOCC2)nnc1[C@@H]1CCCN(CCOCCO)C1. The minimum Gasteiger partial charge on any atom is -0.394 e. The zero-order chi connectivity index (χ0) is 17.5. The van der Waals surface area contributed by atoms with E-state index in [1.165, 1.54) is 6.42 Å². The quantitative estimate of drug-likeness (QED) is 0.651. The van der Waals surface area contributed by atoms with Gasteiger partial charge in [-0.25, -0.2) is 0 Å². The number of nitrogens with zero attached hydrogens (tertiary/aromatic N) is 5. The van der Waals surface area contributed by atoms with E-state index in [1.807, 2.05) is 0 Å². The smallest absolute Gasteiger partial charge is 0.146 e. The molecule has 0 amide bonds. The minimum absolute atomic E-state index is 0.0908. The zero-order valence-corrected chi connectivity index (χ0v) is 15.3. The molecular formula is C17H31N5O3. The molecule has 0 unspecified atom stereocenters. The Kier molecular flexibility index (Phi) is 7.18. The van der Waals surface area contributed by atoms with Gasteiger partial charge >= 0.3 is 0 Å². The van der Waals surface area contributed by atoms with Crippen molar-refractivity contribution < 1.29 is 14.6 Å². The minimum atomic E-state index is 0.0908. The van der Waals surface area contributed by atoms with Gasteiger partial charge in [0, 0.05) is 39.1 Å². The number of hydrogen-bond acceptors (Lipinski definition) is 7. The maximum Gasteiger partial charge on any atom is 0.146 e. The Morgan fingerprint density at radius 2 is 2.00 bits per heavy atom. The highest BCUT2D eigenvalue weighted by Crippen LogP contribution is 2.25. The summed E-state index contributed by atoms with van der Waals surface area (Å²) in [4.78, 5) is 4.81. The molecule has 1 N–H and O–H groups in total. The second-order valence-electron chi connectivity index (χ2n) is 6.90. The molecule has 3 rings (SSSR count). The van der Waals surface area contributed by atoms with Crippen LogP contribution in [0.1, 0.15) is 30.4 Å². The molecule has 3 heterocycles. The predicted octanol–water partition coefficient (Wildman–Crippen LogP) is -0.164. The molecule has 2 aliphatic rings. The molecule has 0 aliphatic carbocycles. The lowest BCUT2D eigenvalue weighted by atomic mass is 9.97. The maximum atomic E-state index is 8.78. The third kappa shape index (κ3) is 5.21. The van der Waals surface area contributed by atoms with E-state index in [0.717, 1.165) is 70.6 Å². The zero-order valence-electron chi connectivity index (χ0n) is 15.3. The molecule has 2 saturated heterocycles. The van der Waals surface area contributed by atoms with Crippen LogP contribution in [0.2, 0.25) is 0 Å². The molecule has 1 atom stereocenters. The molecule has 0 saturated carbocycles. The van der Waals surface area contributed by atoms with E-state index in [1.54, 1.807) is 0 Å². The van der Waals surface area contributed by atoms with Crippen LogP contribution in [-0.4, -0.2) is 95.4 Å². The molecule has 1 aromatic heterocycles. The van der Waals surface area contributed by atoms with Crippen molar-refractivity contribution in [1.29, 1.82) is 0 Å². The summed E-state index contributed by atoms with van der Waals surface area (Å²) in [6.45, 7) is 8.60. The number of aliphatic hydroxyl groups excluding tert-OH is 1. The third-order valence-corrected chi connectivity index (χ3v) is 5.13. The van der Waals surface area contributed by atoms with Gasteiger partial charge in [0.15, 0.2) is 0 Å². The first-order chi connectivity index (χ1) is 12.3. The first kappa shape index (κ1) is 18.7. The van der Waals surface area contributed by atoms with Crippen LogP contribution >= 0.6 is 0 Å². The summed E-state index contributed by atoms with van der Waals surface area (Å²) in [5, 5.41) is 17.7. The summed E-state index contributed by atoms with van der Waals surface area (Å²) in [5.41, 5.74) is 0. The second kappa shape index (κ2) is 9.59. The van der Waals surface area contributed by atoms with Crippen LogP contribution in [-0.2, 0) is 23.1 Å². The monoisotopic (exact) mass is 353 g/mol. The van der Waals surface area contributed by atoms with Crippen LogP contribution in [0.25, 0.3) is 0 Å². The van der Waals surface area contributed by atoms with Crippen LogP contribution in [0.3, 0.4) is 0 Å². The van der Waals surface area contributed by atoms with Crippen LogP contribution in [0, 0.1) is 0 Å². The van der Waals surface area contributed by atoms with Gasteiger partial charge in [-0.2, -0.15) is 0 Å². The van der Waals surface area contributed by atoms with Crippen molar-refractivity contribution in [1.82, 2.24) is 24.6 Å². The van der Waals surface area contributed by atoms with Crippen molar-refractivity contribution in [2.45, 2.75) is 25.3 Å². The van der Waals surface area contributed by atoms with Crippen molar-refractivity contribution in [3.8, 4) is 0 Å². The van der Waals surface area contributed by atoms with Gasteiger partial charge in [-0.3, -0.25) is 4.90 Å². The Bertz CT molecular complexity index is 518. The van der Waals surface area contributed by atoms with Gasteiger partial charge in [0.2, 0.25) is 0 Å². The lowest BCUT2D eigenvalue weighted by molar-refractivity contribution is 0.0326. The highest BCUT2D eigenvalue weighted by Gasteiger charge is 2.26. The largest absolute Gasteiger partial charge is 0.394 e. The Morgan fingerprint density at radius 1 is 1.16 bits per heavy atom. The van der Waals surface area contributed by atoms with Crippen molar-refractivity contribution >= 4 is 0 Å². The van der Waals surface area contributed by atoms with Crippen LogP contribution in [0.4, 0.5) is 0 Å². The lowest BCUT2D eigenvalue weighted by Crippen LogP contribution is -2.38. The van der Waals surface area contributed by atoms with Gasteiger partial charge in [0.05, 0.1) is 39.6 Å². The van der Waals surface area contributed by atoms with Gasteiger partial charge < -0.3 is 24.0 Å². The summed E-state index contributed by atoms with van der Waals surface area (Å²) in [5.74, 6) is 2.58. The summed E-state index contributed by atoms with van der Waals surface area (Å²) in [7, 11) is 2.09. The average molecular weight is 353 g/mol. The van der Waals surface area contributed by atoms with E-state index < -0.39 is 0 Å². The molecule has 8 heteroatoms. The van der Waals surface area contributed by atoms with Gasteiger partial charge in [0.25, 0.3) is 0 Å². The predicted molar refractivity (Wildman–Crippen MR) is 93.4 cm³/mol. The lowest BCUT2D eigenvalue weighted by Gasteiger charge is -2.32. The molecule has 25 heavy (non-hydrogen) atoms. The van der Waals surface area contributed by atoms with Gasteiger partial charge in [-0.1, -0.05) is 0 Å². The molecule has 0 aromatic carbocycles. The number of aromatic nitrogens is 3. The summed E-state index contributed by atoms with van der Waals surface area (Å²) in [6, 6.07) is 0. The average Bonchev–Trinajstić information content (AvgIpc) is 3.00. The van der Waals surface area contributed by atoms with Crippen molar-refractivity contribution in [3.05, 3.63) is 11.6 Å². The number of piperidine rings is 1. The van der Waals surface area contributed by atoms with Gasteiger partial charge in [-0.15, -0.1) is 10.2 Å². The van der Waals surface area contributed by atoms with E-state index >= 15 is 0 Å². The van der Waals surface area contributed by atoms with Crippen LogP contribution in [0.15, 0.2) is 0 Å². The standard InChI is InChI=1S/C17H31N5O3/c1-20-16(14-22-6-9-24-10-7-22)18-19-17(20)15-3-2-4-21(13-15)5-11-25-12-8-23/h15,23H,2-14H2,1H3/t15-/m1/s1. The Morgan fingerprint density at radius 3 is 2.80 bits per heavy atom. The Hall–Kier alpha value is -1.06. The second-order valence-corrected chi connectivity index (χ2v) is 6.90. The molecule has 0 radical (unpaired) electrons. The fourth-order valence-corrected chi connectivity index (χ4v) is 3.66. The third-order valence-electron chi connectivity index (χ3n) is 5.13. The highest BCUT2D eigenvalue weighted by molar-refractivity contribution is 5.04. The maximum absolute atomic E-state index is 8.78. The number of rotatable bonds is 8. The van der Waals surface area contributed by atoms with Crippen molar-refractivity contribution in [2.24, 2.45) is 7.05 Å².